The molecule has 1 aliphatic rings. The third kappa shape index (κ3) is 5.81. The molecule has 0 saturated carbocycles. The second-order valence-electron chi connectivity index (χ2n) is 7.93. The van der Waals surface area contributed by atoms with Gasteiger partial charge in [-0.05, 0) is 54.0 Å². The van der Waals surface area contributed by atoms with Crippen molar-refractivity contribution in [3.05, 3.63) is 97.1 Å². The van der Waals surface area contributed by atoms with E-state index in [0.29, 0.717) is 31.6 Å². The summed E-state index contributed by atoms with van der Waals surface area (Å²) in [7, 11) is 1.53. The molecule has 1 saturated heterocycles. The molecule has 6 nitrogen and oxygen atoms in total. The van der Waals surface area contributed by atoms with Gasteiger partial charge in [0.2, 0.25) is 0 Å². The van der Waals surface area contributed by atoms with E-state index in [1.54, 1.807) is 30.3 Å². The molecule has 0 spiro atoms. The van der Waals surface area contributed by atoms with Gasteiger partial charge in [0.1, 0.15) is 12.3 Å². The average molecular weight is 576 g/mol. The van der Waals surface area contributed by atoms with Crippen LogP contribution < -0.4 is 14.8 Å². The molecular formula is C26H21BrCl2N2O4. The predicted octanol–water partition coefficient (Wildman–Crippen LogP) is 6.74. The van der Waals surface area contributed by atoms with E-state index in [1.807, 2.05) is 37.3 Å². The standard InChI is InChI=1S/C26H21BrCl2N2O4/c1-15-4-3-5-16(8-15)13-31-25(32)22(30-26(31)33)10-18-11-23(34-2)24(12-19(18)27)35-14-17-6-7-20(28)21(29)9-17/h3-12H,13-14H2,1-2H3,(H,30,33)/b22-10+. The number of hydrogen-bond acceptors (Lipinski definition) is 4. The largest absolute Gasteiger partial charge is 0.493 e. The minimum atomic E-state index is -0.465. The zero-order valence-electron chi connectivity index (χ0n) is 18.9. The molecule has 180 valence electrons. The molecule has 3 aromatic rings. The van der Waals surface area contributed by atoms with Crippen molar-refractivity contribution in [3.63, 3.8) is 0 Å². The molecule has 0 atom stereocenters. The van der Waals surface area contributed by atoms with Gasteiger partial charge in [-0.2, -0.15) is 0 Å². The zero-order chi connectivity index (χ0) is 25.1. The zero-order valence-corrected chi connectivity index (χ0v) is 22.0. The van der Waals surface area contributed by atoms with Gasteiger partial charge in [-0.1, -0.05) is 75.0 Å². The van der Waals surface area contributed by atoms with Crippen LogP contribution in [0.2, 0.25) is 10.0 Å². The molecule has 1 N–H and O–H groups in total. The fraction of sp³-hybridized carbons (Fsp3) is 0.154. The molecule has 1 fully saturated rings. The van der Waals surface area contributed by atoms with Gasteiger partial charge in [0, 0.05) is 4.47 Å². The molecule has 3 aromatic carbocycles. The summed E-state index contributed by atoms with van der Waals surface area (Å²) in [6.07, 6.45) is 1.60. The Labute approximate surface area is 221 Å². The predicted molar refractivity (Wildman–Crippen MR) is 140 cm³/mol. The summed E-state index contributed by atoms with van der Waals surface area (Å²) in [5, 5.41) is 3.57. The second kappa shape index (κ2) is 10.7. The lowest BCUT2D eigenvalue weighted by Gasteiger charge is -2.13. The van der Waals surface area contributed by atoms with Crippen LogP contribution in [0, 0.1) is 6.92 Å². The number of methoxy groups -OCH3 is 1. The fourth-order valence-electron chi connectivity index (χ4n) is 3.59. The summed E-state index contributed by atoms with van der Waals surface area (Å²) in [5.41, 5.74) is 3.60. The van der Waals surface area contributed by atoms with E-state index in [2.05, 4.69) is 21.2 Å². The number of amides is 3. The molecule has 4 rings (SSSR count). The number of halogens is 3. The first-order valence-electron chi connectivity index (χ1n) is 10.6. The summed E-state index contributed by atoms with van der Waals surface area (Å²) >= 11 is 15.6. The number of benzene rings is 3. The maximum absolute atomic E-state index is 12.9. The van der Waals surface area contributed by atoms with Crippen molar-refractivity contribution >= 4 is 57.1 Å². The van der Waals surface area contributed by atoms with Crippen molar-refractivity contribution in [2.45, 2.75) is 20.1 Å². The Bertz CT molecular complexity index is 1340. The van der Waals surface area contributed by atoms with Gasteiger partial charge in [-0.15, -0.1) is 0 Å². The smallest absolute Gasteiger partial charge is 0.329 e. The van der Waals surface area contributed by atoms with E-state index in [4.69, 9.17) is 32.7 Å². The Morgan fingerprint density at radius 1 is 1.00 bits per heavy atom. The molecule has 3 amide bonds. The lowest BCUT2D eigenvalue weighted by Crippen LogP contribution is -2.30. The first kappa shape index (κ1) is 25.1. The van der Waals surface area contributed by atoms with Crippen LogP contribution in [0.15, 0.2) is 64.8 Å². The summed E-state index contributed by atoms with van der Waals surface area (Å²) in [6.45, 7) is 2.40. The van der Waals surface area contributed by atoms with Gasteiger partial charge < -0.3 is 14.8 Å². The summed E-state index contributed by atoms with van der Waals surface area (Å²) in [5.74, 6) is 0.561. The molecule has 0 aliphatic carbocycles. The molecule has 0 radical (unpaired) electrons. The van der Waals surface area contributed by atoms with Crippen molar-refractivity contribution in [1.29, 1.82) is 0 Å². The van der Waals surface area contributed by atoms with E-state index >= 15 is 0 Å². The Morgan fingerprint density at radius 2 is 1.80 bits per heavy atom. The van der Waals surface area contributed by atoms with Crippen molar-refractivity contribution in [2.75, 3.05) is 7.11 Å². The first-order valence-corrected chi connectivity index (χ1v) is 12.1. The summed E-state index contributed by atoms with van der Waals surface area (Å²) in [6, 6.07) is 16.0. The number of carbonyl (C=O) groups excluding carboxylic acids is 2. The second-order valence-corrected chi connectivity index (χ2v) is 9.60. The number of nitrogens with zero attached hydrogens (tertiary/aromatic N) is 1. The van der Waals surface area contributed by atoms with Crippen molar-refractivity contribution in [3.8, 4) is 11.5 Å². The Balaban J connectivity index is 1.53. The quantitative estimate of drug-likeness (QED) is 0.250. The van der Waals surface area contributed by atoms with Crippen LogP contribution in [-0.4, -0.2) is 23.9 Å². The number of rotatable bonds is 7. The van der Waals surface area contributed by atoms with Crippen molar-refractivity contribution < 1.29 is 19.1 Å². The highest BCUT2D eigenvalue weighted by Crippen LogP contribution is 2.36. The van der Waals surface area contributed by atoms with Gasteiger partial charge in [0.05, 0.1) is 23.7 Å². The molecule has 0 unspecified atom stereocenters. The molecule has 35 heavy (non-hydrogen) atoms. The number of urea groups is 1. The molecule has 1 heterocycles. The average Bonchev–Trinajstić information content (AvgIpc) is 3.08. The summed E-state index contributed by atoms with van der Waals surface area (Å²) in [4.78, 5) is 26.6. The Kier molecular flexibility index (Phi) is 7.69. The van der Waals surface area contributed by atoms with Gasteiger partial charge >= 0.3 is 6.03 Å². The Hall–Kier alpha value is -3.00. The number of ether oxygens (including phenoxy) is 2. The van der Waals surface area contributed by atoms with Gasteiger partial charge in [-0.3, -0.25) is 9.69 Å². The normalized spacial score (nSPS) is 14.4. The molecule has 0 aromatic heterocycles. The van der Waals surface area contributed by atoms with E-state index in [-0.39, 0.29) is 18.8 Å². The number of nitrogens with one attached hydrogen (secondary N) is 1. The number of hydrogen-bond donors (Lipinski definition) is 1. The fourth-order valence-corrected chi connectivity index (χ4v) is 4.35. The highest BCUT2D eigenvalue weighted by Gasteiger charge is 2.33. The highest BCUT2D eigenvalue weighted by atomic mass is 79.9. The lowest BCUT2D eigenvalue weighted by atomic mass is 10.1. The Morgan fingerprint density at radius 3 is 2.51 bits per heavy atom. The maximum atomic E-state index is 12.9. The third-order valence-corrected chi connectivity index (χ3v) is 6.77. The SMILES string of the molecule is COc1cc(/C=C2/NC(=O)N(Cc3cccc(C)c3)C2=O)c(Br)cc1OCc1ccc(Cl)c(Cl)c1. The first-order chi connectivity index (χ1) is 16.7. The van der Waals surface area contributed by atoms with E-state index in [9.17, 15) is 9.59 Å². The van der Waals surface area contributed by atoms with E-state index in [0.717, 1.165) is 16.7 Å². The molecule has 9 heteroatoms. The topological polar surface area (TPSA) is 67.9 Å². The summed E-state index contributed by atoms with van der Waals surface area (Å²) < 4.78 is 12.1. The van der Waals surface area contributed by atoms with Crippen LogP contribution in [0.4, 0.5) is 4.79 Å². The van der Waals surface area contributed by atoms with Crippen LogP contribution >= 0.6 is 39.1 Å². The molecule has 0 bridgehead atoms. The molecular weight excluding hydrogens is 555 g/mol. The van der Waals surface area contributed by atoms with Crippen LogP contribution in [0.3, 0.4) is 0 Å². The van der Waals surface area contributed by atoms with Crippen LogP contribution in [0.1, 0.15) is 22.3 Å². The van der Waals surface area contributed by atoms with Gasteiger partial charge in [0.25, 0.3) is 5.91 Å². The van der Waals surface area contributed by atoms with Gasteiger partial charge in [-0.25, -0.2) is 4.79 Å². The van der Waals surface area contributed by atoms with Gasteiger partial charge in [0.15, 0.2) is 11.5 Å². The van der Waals surface area contributed by atoms with Crippen LogP contribution in [0.5, 0.6) is 11.5 Å². The van der Waals surface area contributed by atoms with Crippen molar-refractivity contribution in [2.24, 2.45) is 0 Å². The van der Waals surface area contributed by atoms with E-state index in [1.165, 1.54) is 12.0 Å². The number of aryl methyl sites for hydroxylation is 1. The minimum Gasteiger partial charge on any atom is -0.493 e. The maximum Gasteiger partial charge on any atom is 0.329 e. The molecule has 1 aliphatic heterocycles. The number of carbonyl (C=O) groups is 2. The van der Waals surface area contributed by atoms with E-state index < -0.39 is 11.9 Å². The monoisotopic (exact) mass is 574 g/mol. The van der Waals surface area contributed by atoms with Crippen molar-refractivity contribution in [1.82, 2.24) is 10.2 Å². The highest BCUT2D eigenvalue weighted by molar-refractivity contribution is 9.10. The number of imide groups is 1. The lowest BCUT2D eigenvalue weighted by molar-refractivity contribution is -0.123. The minimum absolute atomic E-state index is 0.176. The third-order valence-electron chi connectivity index (χ3n) is 5.35. The van der Waals surface area contributed by atoms with Crippen LogP contribution in [-0.2, 0) is 17.9 Å². The van der Waals surface area contributed by atoms with Crippen LogP contribution in [0.25, 0.3) is 6.08 Å².